The average Bonchev–Trinajstić information content (AvgIpc) is 3.25. The van der Waals surface area contributed by atoms with Gasteiger partial charge in [-0.3, -0.25) is 0 Å². The van der Waals surface area contributed by atoms with E-state index in [4.69, 9.17) is 25.8 Å². The largest absolute Gasteiger partial charge is 0.454 e. The molecule has 4 unspecified atom stereocenters. The van der Waals surface area contributed by atoms with Crippen LogP contribution >= 0.6 is 11.6 Å². The van der Waals surface area contributed by atoms with E-state index in [9.17, 15) is 71.9 Å². The van der Waals surface area contributed by atoms with Crippen molar-refractivity contribution in [3.8, 4) is 0 Å². The molecule has 2 aromatic rings. The fourth-order valence-corrected chi connectivity index (χ4v) is 7.48. The third-order valence-electron chi connectivity index (χ3n) is 10.6. The van der Waals surface area contributed by atoms with E-state index in [0.29, 0.717) is 56.7 Å². The Hall–Kier alpha value is -4.87. The predicted molar refractivity (Wildman–Crippen MR) is 218 cm³/mol. The summed E-state index contributed by atoms with van der Waals surface area (Å²) < 4.78 is 176. The zero-order chi connectivity index (χ0) is 51.1. The van der Waals surface area contributed by atoms with Gasteiger partial charge in [0.1, 0.15) is 0 Å². The van der Waals surface area contributed by atoms with Crippen molar-refractivity contribution >= 4 is 35.3 Å². The van der Waals surface area contributed by atoms with Gasteiger partial charge < -0.3 is 39.0 Å². The maximum absolute atomic E-state index is 13.2. The molecule has 1 N–H and O–H groups in total. The molecule has 0 bridgehead atoms. The molecule has 0 spiro atoms. The molecule has 67 heavy (non-hydrogen) atoms. The van der Waals surface area contributed by atoms with Crippen LogP contribution in [0, 0.1) is 0 Å². The molecule has 25 heteroatoms. The van der Waals surface area contributed by atoms with Crippen LogP contribution in [0.1, 0.15) is 99.6 Å². The van der Waals surface area contributed by atoms with Gasteiger partial charge in [0.15, 0.2) is 0 Å². The number of likely N-dealkylation sites (tertiary alicyclic amines) is 1. The lowest BCUT2D eigenvalue weighted by Crippen LogP contribution is -2.53. The van der Waals surface area contributed by atoms with Gasteiger partial charge in [-0.2, -0.15) is 52.7 Å². The molecule has 4 atom stereocenters. The Morgan fingerprint density at radius 1 is 0.627 bits per heavy atom. The molecular weight excluding hydrogens is 952 g/mol. The number of nitrogens with one attached hydrogen (secondary N) is 1. The van der Waals surface area contributed by atoms with Gasteiger partial charge in [0, 0.05) is 55.4 Å². The van der Waals surface area contributed by atoms with E-state index < -0.39 is 89.8 Å². The van der Waals surface area contributed by atoms with E-state index in [-0.39, 0.29) is 67.4 Å². The lowest BCUT2D eigenvalue weighted by molar-refractivity contribution is -0.144. The topological polar surface area (TPSA) is 127 Å². The number of carbonyl (C=O) groups excluding carboxylic acids is 4. The molecule has 3 amide bonds. The Morgan fingerprint density at radius 3 is 1.34 bits per heavy atom. The van der Waals surface area contributed by atoms with Crippen LogP contribution < -0.4 is 5.32 Å². The number of alkyl halides is 12. The average molecular weight is 1010 g/mol. The van der Waals surface area contributed by atoms with Gasteiger partial charge in [-0.1, -0.05) is 13.8 Å². The number of piperidine rings is 2. The van der Waals surface area contributed by atoms with Gasteiger partial charge in [-0.25, -0.2) is 19.2 Å². The van der Waals surface area contributed by atoms with Gasteiger partial charge in [-0.15, -0.1) is 0 Å². The summed E-state index contributed by atoms with van der Waals surface area (Å²) in [6.07, 6.45) is -19.1. The zero-order valence-corrected chi connectivity index (χ0v) is 38.0. The third kappa shape index (κ3) is 18.3. The highest BCUT2D eigenvalue weighted by Gasteiger charge is 2.41. The molecule has 0 aliphatic carbocycles. The number of hydrogen-bond acceptors (Lipinski definition) is 9. The molecule has 2 heterocycles. The Balaban J connectivity index is 0.000000414. The van der Waals surface area contributed by atoms with E-state index in [1.165, 1.54) is 9.80 Å². The van der Waals surface area contributed by atoms with Crippen molar-refractivity contribution in [3.63, 3.8) is 0 Å². The van der Waals surface area contributed by atoms with Gasteiger partial charge in [0.2, 0.25) is 0 Å². The lowest BCUT2D eigenvalue weighted by atomic mass is 9.94. The number of ether oxygens (including phenoxy) is 4. The molecule has 2 aliphatic heterocycles. The van der Waals surface area contributed by atoms with Crippen molar-refractivity contribution in [1.82, 2.24) is 20.0 Å². The highest BCUT2D eigenvalue weighted by molar-refractivity contribution is 6.61. The molecule has 0 radical (unpaired) electrons. The first-order valence-electron chi connectivity index (χ1n) is 20.8. The maximum atomic E-state index is 13.2. The molecule has 380 valence electrons. The van der Waals surface area contributed by atoms with Crippen molar-refractivity contribution in [3.05, 3.63) is 69.8 Å². The minimum atomic E-state index is -5.00. The monoisotopic (exact) mass is 1000 g/mol. The van der Waals surface area contributed by atoms with E-state index >= 15 is 0 Å². The standard InChI is InChI=1S/C21H26F6N2O4.C18H22F6N2O2.C3H5ClO2/c1-4-16-11-17(6-7-28(16)19(31)33-5-2)29(18(30)32-3)12-13-8-14(20(22,23)24)10-15(9-13)21(25,26)27;1-3-14-9-15(4-5-25-14)26(16(27)28-2)10-11-6-12(17(19,20)21)8-13(7-11)18(22,23)24;1-2-6-3(4)5/h8-10,16-17H,4-7,11-12H2,1-3H3;6-8,14-15,25H,3-5,9-10H2,1-2H3;2H2,1H3. The first-order valence-corrected chi connectivity index (χ1v) is 21.2. The maximum Gasteiger partial charge on any atom is 0.416 e. The summed E-state index contributed by atoms with van der Waals surface area (Å²) in [6.45, 7) is 7.55. The smallest absolute Gasteiger partial charge is 0.416 e. The zero-order valence-electron chi connectivity index (χ0n) is 37.3. The summed E-state index contributed by atoms with van der Waals surface area (Å²) in [5.41, 5.74) is -7.04. The summed E-state index contributed by atoms with van der Waals surface area (Å²) in [5, 5.41) is 3.26. The second-order valence-electron chi connectivity index (χ2n) is 15.1. The van der Waals surface area contributed by atoms with Gasteiger partial charge in [0.25, 0.3) is 0 Å². The second kappa shape index (κ2) is 25.5. The van der Waals surface area contributed by atoms with Crippen LogP contribution in [0.3, 0.4) is 0 Å². The minimum absolute atomic E-state index is 0.0386. The van der Waals surface area contributed by atoms with E-state index in [1.54, 1.807) is 13.8 Å². The lowest BCUT2D eigenvalue weighted by Gasteiger charge is -2.42. The summed E-state index contributed by atoms with van der Waals surface area (Å²) >= 11 is 4.72. The summed E-state index contributed by atoms with van der Waals surface area (Å²) in [6, 6.07) is 1.47. The third-order valence-corrected chi connectivity index (χ3v) is 10.7. The molecule has 0 aromatic heterocycles. The van der Waals surface area contributed by atoms with Crippen LogP contribution in [0.4, 0.5) is 71.9 Å². The Kier molecular flexibility index (Phi) is 22.2. The molecule has 2 aromatic carbocycles. The van der Waals surface area contributed by atoms with Crippen LogP contribution in [0.15, 0.2) is 36.4 Å². The number of halogens is 13. The molecule has 2 aliphatic rings. The highest BCUT2D eigenvalue weighted by Crippen LogP contribution is 2.39. The minimum Gasteiger partial charge on any atom is -0.454 e. The van der Waals surface area contributed by atoms with Crippen molar-refractivity contribution in [2.75, 3.05) is 40.5 Å². The normalized spacial score (nSPS) is 18.8. The van der Waals surface area contributed by atoms with Gasteiger partial charge in [0.05, 0.1) is 49.7 Å². The Labute approximate surface area is 384 Å². The SMILES string of the molecule is CCC1CC(N(Cc2cc(C(F)(F)F)cc(C(F)(F)F)c2)C(=O)OC)CCN1.CCOC(=O)Cl.CCOC(=O)N1CCC(N(Cc2cc(C(F)(F)F)cc(C(F)(F)F)c2)C(=O)OC)CC1CC. The molecule has 2 fully saturated rings. The highest BCUT2D eigenvalue weighted by atomic mass is 35.5. The quantitative estimate of drug-likeness (QED) is 0.141. The first-order chi connectivity index (χ1) is 31.0. The van der Waals surface area contributed by atoms with E-state index in [2.05, 4.69) is 10.1 Å². The number of hydrogen-bond donors (Lipinski definition) is 1. The number of benzene rings is 2. The first kappa shape index (κ1) is 58.3. The summed E-state index contributed by atoms with van der Waals surface area (Å²) in [4.78, 5) is 50.3. The molecular formula is C42H53ClF12N4O8. The van der Waals surface area contributed by atoms with E-state index in [0.717, 1.165) is 25.5 Å². The van der Waals surface area contributed by atoms with Crippen LogP contribution in [-0.4, -0.2) is 103 Å². The molecule has 2 saturated heterocycles. The number of carbonyl (C=O) groups is 4. The Morgan fingerprint density at radius 2 is 1.03 bits per heavy atom. The van der Waals surface area contributed by atoms with Crippen molar-refractivity contribution < 1.29 is 90.8 Å². The number of amides is 3. The number of methoxy groups -OCH3 is 2. The van der Waals surface area contributed by atoms with Crippen LogP contribution in [0.5, 0.6) is 0 Å². The van der Waals surface area contributed by atoms with Crippen molar-refractivity contribution in [2.24, 2.45) is 0 Å². The number of nitrogens with zero attached hydrogens (tertiary/aromatic N) is 3. The van der Waals surface area contributed by atoms with Crippen LogP contribution in [-0.2, 0) is 56.7 Å². The molecule has 0 saturated carbocycles. The second-order valence-corrected chi connectivity index (χ2v) is 15.4. The van der Waals surface area contributed by atoms with Gasteiger partial charge in [-0.05, 0) is 106 Å². The van der Waals surface area contributed by atoms with E-state index in [1.807, 2.05) is 13.8 Å². The van der Waals surface area contributed by atoms with Crippen molar-refractivity contribution in [2.45, 2.75) is 128 Å². The Bertz CT molecular complexity index is 1870. The summed E-state index contributed by atoms with van der Waals surface area (Å²) in [7, 11) is 2.20. The molecule has 12 nitrogen and oxygen atoms in total. The fraction of sp³-hybridized carbons (Fsp3) is 0.619. The van der Waals surface area contributed by atoms with Gasteiger partial charge >= 0.3 is 48.4 Å². The number of rotatable bonds is 10. The summed E-state index contributed by atoms with van der Waals surface area (Å²) in [5.74, 6) is 0. The van der Waals surface area contributed by atoms with Crippen molar-refractivity contribution in [1.29, 1.82) is 0 Å². The van der Waals surface area contributed by atoms with Crippen LogP contribution in [0.25, 0.3) is 0 Å². The predicted octanol–water partition coefficient (Wildman–Crippen LogP) is 11.9. The fourth-order valence-electron chi connectivity index (χ4n) is 7.37. The molecule has 4 rings (SSSR count). The van der Waals surface area contributed by atoms with Crippen LogP contribution in [0.2, 0.25) is 0 Å².